The van der Waals surface area contributed by atoms with Crippen LogP contribution in [-0.4, -0.2) is 30.5 Å². The molecule has 2 aromatic carbocycles. The van der Waals surface area contributed by atoms with Crippen LogP contribution in [0.25, 0.3) is 22.5 Å². The van der Waals surface area contributed by atoms with Crippen LogP contribution in [-0.2, 0) is 6.54 Å². The van der Waals surface area contributed by atoms with Crippen LogP contribution in [0.3, 0.4) is 0 Å². The Morgan fingerprint density at radius 2 is 1.77 bits per heavy atom. The Kier molecular flexibility index (Phi) is 4.26. The van der Waals surface area contributed by atoms with Crippen LogP contribution >= 0.6 is 0 Å². The number of aromatic nitrogens is 5. The molecule has 2 aromatic heterocycles. The molecule has 0 atom stereocenters. The fraction of sp³-hybridized carbons (Fsp3) is 0.0526. The van der Waals surface area contributed by atoms with Crippen molar-refractivity contribution in [1.29, 1.82) is 0 Å². The molecule has 7 nitrogen and oxygen atoms in total. The van der Waals surface area contributed by atoms with Crippen LogP contribution in [0, 0.1) is 0 Å². The van der Waals surface area contributed by atoms with Crippen molar-refractivity contribution in [3.8, 4) is 28.3 Å². The van der Waals surface area contributed by atoms with Gasteiger partial charge in [0.05, 0.1) is 29.8 Å². The summed E-state index contributed by atoms with van der Waals surface area (Å²) in [6.45, 7) is 0.478. The maximum atomic E-state index is 9.95. The van der Waals surface area contributed by atoms with E-state index in [4.69, 9.17) is 0 Å². The van der Waals surface area contributed by atoms with E-state index in [2.05, 4.69) is 30.7 Å². The number of H-pyrrole nitrogens is 1. The Bertz CT molecular complexity index is 1020. The summed E-state index contributed by atoms with van der Waals surface area (Å²) in [5.41, 5.74) is 3.99. The van der Waals surface area contributed by atoms with Crippen LogP contribution in [0.15, 0.2) is 66.9 Å². The van der Waals surface area contributed by atoms with Gasteiger partial charge in [0.15, 0.2) is 0 Å². The third-order valence-corrected chi connectivity index (χ3v) is 3.88. The smallest absolute Gasteiger partial charge is 0.243 e. The van der Waals surface area contributed by atoms with Crippen molar-refractivity contribution in [3.05, 3.63) is 72.6 Å². The Morgan fingerprint density at radius 1 is 0.962 bits per heavy atom. The molecule has 0 saturated carbocycles. The first-order chi connectivity index (χ1) is 12.8. The molecule has 0 aliphatic carbocycles. The third kappa shape index (κ3) is 3.36. The minimum absolute atomic E-state index is 0.153. The number of hydrogen-bond acceptors (Lipinski definition) is 6. The number of phenolic OH excluding ortho intramolecular Hbond substituents is 1. The summed E-state index contributed by atoms with van der Waals surface area (Å²) >= 11 is 0. The molecule has 0 amide bonds. The van der Waals surface area contributed by atoms with Crippen molar-refractivity contribution >= 4 is 5.95 Å². The average molecular weight is 344 g/mol. The molecule has 128 valence electrons. The van der Waals surface area contributed by atoms with Gasteiger partial charge in [0.2, 0.25) is 5.95 Å². The molecule has 0 spiro atoms. The predicted molar refractivity (Wildman–Crippen MR) is 98.3 cm³/mol. The zero-order valence-electron chi connectivity index (χ0n) is 13.8. The van der Waals surface area contributed by atoms with Gasteiger partial charge in [-0.3, -0.25) is 5.10 Å². The lowest BCUT2D eigenvalue weighted by molar-refractivity contribution is 0.477. The first-order valence-electron chi connectivity index (χ1n) is 8.11. The average Bonchev–Trinajstić information content (AvgIpc) is 3.17. The lowest BCUT2D eigenvalue weighted by atomic mass is 10.1. The number of nitrogens with one attached hydrogen (secondary N) is 2. The Morgan fingerprint density at radius 3 is 2.62 bits per heavy atom. The first kappa shape index (κ1) is 15.8. The van der Waals surface area contributed by atoms with Gasteiger partial charge in [-0.05, 0) is 18.2 Å². The van der Waals surface area contributed by atoms with E-state index in [1.54, 1.807) is 18.2 Å². The number of aromatic hydroxyl groups is 1. The zero-order chi connectivity index (χ0) is 17.8. The number of hydrogen-bond donors (Lipinski definition) is 3. The number of anilines is 1. The summed E-state index contributed by atoms with van der Waals surface area (Å²) in [5.74, 6) is 0.529. The van der Waals surface area contributed by atoms with Gasteiger partial charge in [-0.1, -0.05) is 42.5 Å². The SMILES string of the molecule is Oc1ccccc1-c1cnnc(NCc2cc(-c3ccccc3)n[nH]2)n1. The fourth-order valence-electron chi connectivity index (χ4n) is 2.58. The van der Waals surface area contributed by atoms with Gasteiger partial charge < -0.3 is 10.4 Å². The van der Waals surface area contributed by atoms with Crippen LogP contribution in [0.5, 0.6) is 5.75 Å². The maximum Gasteiger partial charge on any atom is 0.243 e. The lowest BCUT2D eigenvalue weighted by Gasteiger charge is -2.06. The number of benzene rings is 2. The Balaban J connectivity index is 1.48. The van der Waals surface area contributed by atoms with Crippen molar-refractivity contribution in [2.75, 3.05) is 5.32 Å². The van der Waals surface area contributed by atoms with Crippen molar-refractivity contribution < 1.29 is 5.11 Å². The van der Waals surface area contributed by atoms with Crippen molar-refractivity contribution in [2.24, 2.45) is 0 Å². The highest BCUT2D eigenvalue weighted by atomic mass is 16.3. The molecular weight excluding hydrogens is 328 g/mol. The number of aromatic amines is 1. The van der Waals surface area contributed by atoms with E-state index in [0.717, 1.165) is 17.0 Å². The van der Waals surface area contributed by atoms with Crippen molar-refractivity contribution in [3.63, 3.8) is 0 Å². The van der Waals surface area contributed by atoms with Gasteiger partial charge in [0.1, 0.15) is 5.75 Å². The second kappa shape index (κ2) is 7.02. The summed E-state index contributed by atoms with van der Waals surface area (Å²) in [4.78, 5) is 4.40. The zero-order valence-corrected chi connectivity index (χ0v) is 13.8. The standard InChI is InChI=1S/C19H16N6O/c26-18-9-5-4-8-15(18)17-12-21-25-19(22-17)20-11-14-10-16(24-23-14)13-6-2-1-3-7-13/h1-10,12,26H,11H2,(H,23,24)(H,20,22,25). The summed E-state index contributed by atoms with van der Waals surface area (Å²) in [7, 11) is 0. The normalized spacial score (nSPS) is 10.6. The van der Waals surface area contributed by atoms with E-state index >= 15 is 0 Å². The number of nitrogens with zero attached hydrogens (tertiary/aromatic N) is 4. The molecule has 0 bridgehead atoms. The van der Waals surface area contributed by atoms with E-state index in [0.29, 0.717) is 23.8 Å². The Labute approximate surface area is 149 Å². The summed E-state index contributed by atoms with van der Waals surface area (Å²) in [6.07, 6.45) is 1.52. The minimum Gasteiger partial charge on any atom is -0.507 e. The molecular formula is C19H16N6O. The summed E-state index contributed by atoms with van der Waals surface area (Å²) < 4.78 is 0. The van der Waals surface area contributed by atoms with Gasteiger partial charge in [-0.25, -0.2) is 4.98 Å². The highest BCUT2D eigenvalue weighted by molar-refractivity contribution is 5.66. The molecule has 2 heterocycles. The second-order valence-electron chi connectivity index (χ2n) is 5.68. The molecule has 0 unspecified atom stereocenters. The van der Waals surface area contributed by atoms with Gasteiger partial charge in [0.25, 0.3) is 0 Å². The lowest BCUT2D eigenvalue weighted by Crippen LogP contribution is -2.05. The van der Waals surface area contributed by atoms with Crippen LogP contribution in [0.1, 0.15) is 5.69 Å². The molecule has 0 aliphatic heterocycles. The summed E-state index contributed by atoms with van der Waals surface area (Å²) in [6, 6.07) is 18.9. The van der Waals surface area contributed by atoms with Crippen LogP contribution in [0.2, 0.25) is 0 Å². The Hall–Kier alpha value is -3.74. The molecule has 3 N–H and O–H groups in total. The number of rotatable bonds is 5. The van der Waals surface area contributed by atoms with Gasteiger partial charge in [0, 0.05) is 11.1 Å². The number of para-hydroxylation sites is 1. The third-order valence-electron chi connectivity index (χ3n) is 3.88. The van der Waals surface area contributed by atoms with Crippen LogP contribution < -0.4 is 5.32 Å². The van der Waals surface area contributed by atoms with Gasteiger partial charge in [-0.2, -0.15) is 10.2 Å². The molecule has 0 saturated heterocycles. The quantitative estimate of drug-likeness (QED) is 0.514. The highest BCUT2D eigenvalue weighted by Crippen LogP contribution is 2.26. The largest absolute Gasteiger partial charge is 0.507 e. The van der Waals surface area contributed by atoms with Crippen molar-refractivity contribution in [1.82, 2.24) is 25.4 Å². The molecule has 0 aliphatic rings. The fourth-order valence-corrected chi connectivity index (χ4v) is 2.58. The molecule has 26 heavy (non-hydrogen) atoms. The van der Waals surface area contributed by atoms with E-state index in [9.17, 15) is 5.11 Å². The van der Waals surface area contributed by atoms with E-state index in [1.807, 2.05) is 42.5 Å². The molecule has 4 aromatic rings. The maximum absolute atomic E-state index is 9.95. The van der Waals surface area contributed by atoms with E-state index in [1.165, 1.54) is 6.20 Å². The molecule has 4 rings (SSSR count). The molecule has 7 heteroatoms. The monoisotopic (exact) mass is 344 g/mol. The minimum atomic E-state index is 0.153. The molecule has 0 fully saturated rings. The predicted octanol–water partition coefficient (Wildman–Crippen LogP) is 3.25. The van der Waals surface area contributed by atoms with Crippen molar-refractivity contribution in [2.45, 2.75) is 6.54 Å². The summed E-state index contributed by atoms with van der Waals surface area (Å²) in [5, 5.41) is 28.3. The number of phenols is 1. The first-order valence-corrected chi connectivity index (χ1v) is 8.11. The highest BCUT2D eigenvalue weighted by Gasteiger charge is 2.08. The van der Waals surface area contributed by atoms with E-state index < -0.39 is 0 Å². The topological polar surface area (TPSA) is 99.6 Å². The van der Waals surface area contributed by atoms with Gasteiger partial charge >= 0.3 is 0 Å². The van der Waals surface area contributed by atoms with Crippen LogP contribution in [0.4, 0.5) is 5.95 Å². The second-order valence-corrected chi connectivity index (χ2v) is 5.68. The van der Waals surface area contributed by atoms with Gasteiger partial charge in [-0.15, -0.1) is 5.10 Å². The molecule has 0 radical (unpaired) electrons. The van der Waals surface area contributed by atoms with E-state index in [-0.39, 0.29) is 5.75 Å².